The first-order chi connectivity index (χ1) is 11.5. The first kappa shape index (κ1) is 16.6. The van der Waals surface area contributed by atoms with Crippen LogP contribution < -0.4 is 9.80 Å². The molecular weight excluding hydrogens is 331 g/mol. The summed E-state index contributed by atoms with van der Waals surface area (Å²) in [6.45, 7) is 1.72. The van der Waals surface area contributed by atoms with Gasteiger partial charge < -0.3 is 9.80 Å². The van der Waals surface area contributed by atoms with Crippen LogP contribution in [0.4, 0.5) is 27.9 Å². The minimum Gasteiger partial charge on any atom is -0.330 e. The molecule has 4 nitrogen and oxygen atoms in total. The topological polar surface area (TPSA) is 33.5 Å². The zero-order valence-corrected chi connectivity index (χ0v) is 12.5. The lowest BCUT2D eigenvalue weighted by molar-refractivity contribution is -0.914. The summed E-state index contributed by atoms with van der Waals surface area (Å²) in [4.78, 5) is 10.9. The summed E-state index contributed by atoms with van der Waals surface area (Å²) in [5.74, 6) is -8.90. The van der Waals surface area contributed by atoms with Crippen LogP contribution in [0.1, 0.15) is 5.56 Å². The lowest BCUT2D eigenvalue weighted by Gasteiger charge is -2.32. The highest BCUT2D eigenvalue weighted by Gasteiger charge is 2.29. The quantitative estimate of drug-likeness (QED) is 0.513. The molecule has 24 heavy (non-hydrogen) atoms. The summed E-state index contributed by atoms with van der Waals surface area (Å²) in [7, 11) is 0. The maximum absolute atomic E-state index is 13.7. The summed E-state index contributed by atoms with van der Waals surface area (Å²) in [5, 5.41) is 0. The van der Waals surface area contributed by atoms with Crippen LogP contribution in [-0.2, 0) is 6.54 Å². The number of hydrogen-bond acceptors (Lipinski definition) is 3. The van der Waals surface area contributed by atoms with Crippen molar-refractivity contribution in [2.24, 2.45) is 0 Å². The Labute approximate surface area is 134 Å². The molecular formula is C15H14F5N4+. The molecule has 1 aromatic heterocycles. The van der Waals surface area contributed by atoms with E-state index in [2.05, 4.69) is 9.97 Å². The molecule has 0 aliphatic carbocycles. The molecule has 0 atom stereocenters. The van der Waals surface area contributed by atoms with Gasteiger partial charge in [0.15, 0.2) is 23.3 Å². The number of benzene rings is 1. The fourth-order valence-electron chi connectivity index (χ4n) is 2.71. The predicted molar refractivity (Wildman–Crippen MR) is 74.9 cm³/mol. The number of rotatable bonds is 3. The van der Waals surface area contributed by atoms with Gasteiger partial charge in [0.05, 0.1) is 31.7 Å². The van der Waals surface area contributed by atoms with E-state index in [-0.39, 0.29) is 6.54 Å². The van der Waals surface area contributed by atoms with Gasteiger partial charge in [-0.3, -0.25) is 0 Å². The number of halogens is 5. The van der Waals surface area contributed by atoms with Gasteiger partial charge in [-0.1, -0.05) is 0 Å². The lowest BCUT2D eigenvalue weighted by Crippen LogP contribution is -3.13. The summed E-state index contributed by atoms with van der Waals surface area (Å²) in [6.07, 6.45) is 3.22. The Kier molecular flexibility index (Phi) is 4.61. The van der Waals surface area contributed by atoms with Crippen molar-refractivity contribution in [1.82, 2.24) is 9.97 Å². The van der Waals surface area contributed by atoms with Crippen LogP contribution in [0.2, 0.25) is 0 Å². The zero-order valence-electron chi connectivity index (χ0n) is 12.5. The van der Waals surface area contributed by atoms with E-state index in [0.29, 0.717) is 32.1 Å². The summed E-state index contributed by atoms with van der Waals surface area (Å²) < 4.78 is 67.0. The van der Waals surface area contributed by atoms with Crippen LogP contribution in [-0.4, -0.2) is 36.1 Å². The van der Waals surface area contributed by atoms with Crippen LogP contribution >= 0.6 is 0 Å². The first-order valence-corrected chi connectivity index (χ1v) is 7.35. The third-order valence-electron chi connectivity index (χ3n) is 4.03. The molecule has 1 aromatic carbocycles. The molecule has 0 spiro atoms. The Morgan fingerprint density at radius 1 is 0.833 bits per heavy atom. The van der Waals surface area contributed by atoms with Gasteiger partial charge >= 0.3 is 0 Å². The largest absolute Gasteiger partial charge is 0.330 e. The number of nitrogens with one attached hydrogen (secondary N) is 1. The number of nitrogens with zero attached hydrogens (tertiary/aromatic N) is 3. The van der Waals surface area contributed by atoms with E-state index >= 15 is 0 Å². The van der Waals surface area contributed by atoms with E-state index < -0.39 is 34.6 Å². The SMILES string of the molecule is Fc1c(F)c(F)c(C[NH+]2CCN(c3ncccn3)CC2)c(F)c1F. The van der Waals surface area contributed by atoms with E-state index in [0.717, 1.165) is 4.90 Å². The van der Waals surface area contributed by atoms with Gasteiger partial charge in [0.1, 0.15) is 6.54 Å². The lowest BCUT2D eigenvalue weighted by atomic mass is 10.1. The number of anilines is 1. The fourth-order valence-corrected chi connectivity index (χ4v) is 2.71. The molecule has 0 unspecified atom stereocenters. The highest BCUT2D eigenvalue weighted by Crippen LogP contribution is 2.22. The van der Waals surface area contributed by atoms with Crippen molar-refractivity contribution >= 4 is 5.95 Å². The van der Waals surface area contributed by atoms with Gasteiger partial charge in [0.25, 0.3) is 0 Å². The summed E-state index contributed by atoms with van der Waals surface area (Å²) >= 11 is 0. The molecule has 0 radical (unpaired) electrons. The van der Waals surface area contributed by atoms with Gasteiger partial charge in [-0.2, -0.15) is 0 Å². The number of quaternary nitrogens is 1. The number of hydrogen-bond donors (Lipinski definition) is 1. The molecule has 0 saturated carbocycles. The average molecular weight is 345 g/mol. The smallest absolute Gasteiger partial charge is 0.225 e. The predicted octanol–water partition coefficient (Wildman–Crippen LogP) is 1.08. The number of aromatic nitrogens is 2. The number of piperazine rings is 1. The molecule has 2 aromatic rings. The second-order valence-electron chi connectivity index (χ2n) is 5.51. The summed E-state index contributed by atoms with van der Waals surface area (Å²) in [6, 6.07) is 1.69. The molecule has 1 aliphatic rings. The molecule has 2 heterocycles. The minimum absolute atomic E-state index is 0.269. The highest BCUT2D eigenvalue weighted by atomic mass is 19.2. The molecule has 9 heteroatoms. The second kappa shape index (κ2) is 6.68. The van der Waals surface area contributed by atoms with Crippen molar-refractivity contribution in [3.8, 4) is 0 Å². The van der Waals surface area contributed by atoms with Crippen LogP contribution in [0.5, 0.6) is 0 Å². The standard InChI is InChI=1S/C15H13F5N4/c16-10-9(11(17)13(19)14(20)12(10)18)8-23-4-6-24(7-5-23)15-21-2-1-3-22-15/h1-3H,4-8H2/p+1. The maximum atomic E-state index is 13.7. The maximum Gasteiger partial charge on any atom is 0.225 e. The van der Waals surface area contributed by atoms with E-state index in [1.165, 1.54) is 0 Å². The normalized spacial score (nSPS) is 15.8. The molecule has 1 aliphatic heterocycles. The second-order valence-corrected chi connectivity index (χ2v) is 5.51. The molecule has 1 saturated heterocycles. The van der Waals surface area contributed by atoms with Crippen molar-refractivity contribution < 1.29 is 26.9 Å². The van der Waals surface area contributed by atoms with Crippen LogP contribution in [0.15, 0.2) is 18.5 Å². The van der Waals surface area contributed by atoms with Gasteiger partial charge in [-0.25, -0.2) is 31.9 Å². The van der Waals surface area contributed by atoms with Crippen molar-refractivity contribution in [3.05, 3.63) is 53.1 Å². The van der Waals surface area contributed by atoms with Gasteiger partial charge in [0, 0.05) is 12.4 Å². The van der Waals surface area contributed by atoms with Crippen molar-refractivity contribution in [2.75, 3.05) is 31.1 Å². The Morgan fingerprint density at radius 3 is 1.88 bits per heavy atom. The van der Waals surface area contributed by atoms with E-state index in [1.54, 1.807) is 18.5 Å². The Hall–Kier alpha value is -2.29. The first-order valence-electron chi connectivity index (χ1n) is 7.35. The van der Waals surface area contributed by atoms with E-state index in [9.17, 15) is 22.0 Å². The monoisotopic (exact) mass is 345 g/mol. The average Bonchev–Trinajstić information content (AvgIpc) is 2.63. The Balaban J connectivity index is 1.71. The minimum atomic E-state index is -2.13. The highest BCUT2D eigenvalue weighted by molar-refractivity contribution is 5.28. The van der Waals surface area contributed by atoms with Crippen molar-refractivity contribution in [2.45, 2.75) is 6.54 Å². The molecule has 0 amide bonds. The Bertz CT molecular complexity index is 703. The van der Waals surface area contributed by atoms with Crippen molar-refractivity contribution in [1.29, 1.82) is 0 Å². The van der Waals surface area contributed by atoms with Gasteiger partial charge in [0.2, 0.25) is 11.8 Å². The van der Waals surface area contributed by atoms with E-state index in [1.807, 2.05) is 4.90 Å². The molecule has 1 fully saturated rings. The van der Waals surface area contributed by atoms with Gasteiger partial charge in [-0.15, -0.1) is 0 Å². The zero-order chi connectivity index (χ0) is 17.3. The van der Waals surface area contributed by atoms with Crippen LogP contribution in [0.3, 0.4) is 0 Å². The van der Waals surface area contributed by atoms with Crippen molar-refractivity contribution in [3.63, 3.8) is 0 Å². The fraction of sp³-hybridized carbons (Fsp3) is 0.333. The van der Waals surface area contributed by atoms with E-state index in [4.69, 9.17) is 0 Å². The molecule has 0 bridgehead atoms. The van der Waals surface area contributed by atoms with Gasteiger partial charge in [-0.05, 0) is 6.07 Å². The summed E-state index contributed by atoms with van der Waals surface area (Å²) in [5.41, 5.74) is -0.772. The third kappa shape index (κ3) is 3.03. The van der Waals surface area contributed by atoms with Crippen LogP contribution in [0, 0.1) is 29.1 Å². The van der Waals surface area contributed by atoms with Crippen LogP contribution in [0.25, 0.3) is 0 Å². The molecule has 3 rings (SSSR count). The molecule has 128 valence electrons. The Morgan fingerprint density at radius 2 is 1.33 bits per heavy atom. The third-order valence-corrected chi connectivity index (χ3v) is 4.03. The molecule has 1 N–H and O–H groups in total.